The molecule has 0 atom stereocenters. The van der Waals surface area contributed by atoms with Crippen molar-refractivity contribution in [1.82, 2.24) is 4.90 Å². The number of benzene rings is 1. The van der Waals surface area contributed by atoms with Gasteiger partial charge in [-0.15, -0.1) is 12.4 Å². The van der Waals surface area contributed by atoms with Crippen molar-refractivity contribution in [1.29, 1.82) is 0 Å². The first-order valence-corrected chi connectivity index (χ1v) is 6.32. The monoisotopic (exact) mass is 268 g/mol. The van der Waals surface area contributed by atoms with Crippen molar-refractivity contribution < 1.29 is 4.74 Å². The molecule has 0 N–H and O–H groups in total. The molecule has 1 aromatic rings. The SMILES string of the molecule is CCN(CC)Cc1ccc(C2=NCCO2)cc1.Cl. The van der Waals surface area contributed by atoms with Crippen LogP contribution in [0.4, 0.5) is 0 Å². The maximum atomic E-state index is 5.44. The number of nitrogens with zero attached hydrogens (tertiary/aromatic N) is 2. The standard InChI is InChI=1S/C14H20N2O.ClH/c1-3-16(4-2)11-12-5-7-13(8-6-12)14-15-9-10-17-14;/h5-8H,3-4,9-11H2,1-2H3;1H. The summed E-state index contributed by atoms with van der Waals surface area (Å²) in [7, 11) is 0. The van der Waals surface area contributed by atoms with E-state index in [4.69, 9.17) is 4.74 Å². The van der Waals surface area contributed by atoms with Crippen LogP contribution in [-0.4, -0.2) is 37.0 Å². The predicted octanol–water partition coefficient (Wildman–Crippen LogP) is 2.73. The molecule has 0 radical (unpaired) electrons. The van der Waals surface area contributed by atoms with E-state index in [1.54, 1.807) is 0 Å². The van der Waals surface area contributed by atoms with Crippen LogP contribution in [0, 0.1) is 0 Å². The molecule has 0 saturated carbocycles. The number of aliphatic imine (C=N–C) groups is 1. The van der Waals surface area contributed by atoms with E-state index in [1.807, 2.05) is 0 Å². The van der Waals surface area contributed by atoms with Crippen LogP contribution in [0.2, 0.25) is 0 Å². The summed E-state index contributed by atoms with van der Waals surface area (Å²) >= 11 is 0. The van der Waals surface area contributed by atoms with Gasteiger partial charge in [0.15, 0.2) is 0 Å². The summed E-state index contributed by atoms with van der Waals surface area (Å²) in [6, 6.07) is 8.53. The molecule has 0 aliphatic carbocycles. The number of halogens is 1. The molecule has 3 nitrogen and oxygen atoms in total. The van der Waals surface area contributed by atoms with Crippen LogP contribution in [-0.2, 0) is 11.3 Å². The smallest absolute Gasteiger partial charge is 0.216 e. The average Bonchev–Trinajstić information content (AvgIpc) is 2.90. The zero-order valence-corrected chi connectivity index (χ0v) is 11.9. The van der Waals surface area contributed by atoms with Crippen LogP contribution < -0.4 is 0 Å². The lowest BCUT2D eigenvalue weighted by Crippen LogP contribution is -2.22. The third-order valence-electron chi connectivity index (χ3n) is 3.09. The minimum atomic E-state index is 0. The highest BCUT2D eigenvalue weighted by molar-refractivity contribution is 5.94. The Balaban J connectivity index is 0.00000162. The van der Waals surface area contributed by atoms with E-state index in [0.717, 1.165) is 44.2 Å². The second kappa shape index (κ2) is 7.39. The second-order valence-electron chi connectivity index (χ2n) is 4.19. The van der Waals surface area contributed by atoms with Gasteiger partial charge in [0.1, 0.15) is 6.61 Å². The van der Waals surface area contributed by atoms with E-state index in [0.29, 0.717) is 0 Å². The van der Waals surface area contributed by atoms with Crippen molar-refractivity contribution in [3.63, 3.8) is 0 Å². The van der Waals surface area contributed by atoms with E-state index >= 15 is 0 Å². The zero-order valence-electron chi connectivity index (χ0n) is 11.1. The Labute approximate surface area is 115 Å². The lowest BCUT2D eigenvalue weighted by Gasteiger charge is -2.18. The molecule has 100 valence electrons. The normalized spacial score (nSPS) is 14.1. The Morgan fingerprint density at radius 1 is 1.17 bits per heavy atom. The highest BCUT2D eigenvalue weighted by Gasteiger charge is 2.10. The molecule has 0 unspecified atom stereocenters. The quantitative estimate of drug-likeness (QED) is 0.820. The van der Waals surface area contributed by atoms with Crippen molar-refractivity contribution in [3.8, 4) is 0 Å². The molecule has 18 heavy (non-hydrogen) atoms. The zero-order chi connectivity index (χ0) is 12.1. The molecule has 1 aliphatic heterocycles. The Bertz CT molecular complexity index is 385. The molecular formula is C14H21ClN2O. The van der Waals surface area contributed by atoms with Crippen LogP contribution in [0.25, 0.3) is 0 Å². The van der Waals surface area contributed by atoms with E-state index in [-0.39, 0.29) is 12.4 Å². The molecule has 2 rings (SSSR count). The van der Waals surface area contributed by atoms with Gasteiger partial charge in [-0.05, 0) is 30.8 Å². The van der Waals surface area contributed by atoms with Crippen LogP contribution in [0.5, 0.6) is 0 Å². The number of rotatable bonds is 5. The van der Waals surface area contributed by atoms with Gasteiger partial charge in [0.05, 0.1) is 6.54 Å². The van der Waals surface area contributed by atoms with Gasteiger partial charge >= 0.3 is 0 Å². The van der Waals surface area contributed by atoms with Gasteiger partial charge in [-0.2, -0.15) is 0 Å². The van der Waals surface area contributed by atoms with Crippen LogP contribution in [0.3, 0.4) is 0 Å². The third kappa shape index (κ3) is 3.72. The largest absolute Gasteiger partial charge is 0.476 e. The van der Waals surface area contributed by atoms with Crippen molar-refractivity contribution in [2.75, 3.05) is 26.2 Å². The molecular weight excluding hydrogens is 248 g/mol. The van der Waals surface area contributed by atoms with Gasteiger partial charge < -0.3 is 4.74 Å². The summed E-state index contributed by atoms with van der Waals surface area (Å²) in [5, 5.41) is 0. The fourth-order valence-electron chi connectivity index (χ4n) is 1.97. The van der Waals surface area contributed by atoms with Crippen LogP contribution in [0.1, 0.15) is 25.0 Å². The van der Waals surface area contributed by atoms with E-state index < -0.39 is 0 Å². The lowest BCUT2D eigenvalue weighted by molar-refractivity contribution is 0.296. The summed E-state index contributed by atoms with van der Waals surface area (Å²) in [4.78, 5) is 6.71. The van der Waals surface area contributed by atoms with E-state index in [9.17, 15) is 0 Å². The Hall–Kier alpha value is -1.06. The van der Waals surface area contributed by atoms with Gasteiger partial charge in [0.25, 0.3) is 0 Å². The lowest BCUT2D eigenvalue weighted by atomic mass is 10.1. The first-order chi connectivity index (χ1) is 8.33. The Morgan fingerprint density at radius 2 is 1.83 bits per heavy atom. The molecule has 0 saturated heterocycles. The van der Waals surface area contributed by atoms with Gasteiger partial charge in [-0.3, -0.25) is 4.90 Å². The van der Waals surface area contributed by atoms with Crippen molar-refractivity contribution >= 4 is 18.3 Å². The number of hydrogen-bond acceptors (Lipinski definition) is 3. The summed E-state index contributed by atoms with van der Waals surface area (Å²) in [5.74, 6) is 0.791. The summed E-state index contributed by atoms with van der Waals surface area (Å²) in [5.41, 5.74) is 2.43. The molecule has 0 aromatic heterocycles. The van der Waals surface area contributed by atoms with Crippen molar-refractivity contribution in [2.24, 2.45) is 4.99 Å². The molecule has 0 spiro atoms. The highest BCUT2D eigenvalue weighted by atomic mass is 35.5. The fourth-order valence-corrected chi connectivity index (χ4v) is 1.97. The molecule has 0 bridgehead atoms. The summed E-state index contributed by atoms with van der Waals surface area (Å²) < 4.78 is 5.44. The molecule has 0 fully saturated rings. The fraction of sp³-hybridized carbons (Fsp3) is 0.500. The van der Waals surface area contributed by atoms with Crippen molar-refractivity contribution in [2.45, 2.75) is 20.4 Å². The molecule has 0 amide bonds. The minimum Gasteiger partial charge on any atom is -0.476 e. The topological polar surface area (TPSA) is 24.8 Å². The second-order valence-corrected chi connectivity index (χ2v) is 4.19. The predicted molar refractivity (Wildman–Crippen MR) is 77.7 cm³/mol. The maximum absolute atomic E-state index is 5.44. The van der Waals surface area contributed by atoms with Crippen LogP contribution in [0.15, 0.2) is 29.3 Å². The maximum Gasteiger partial charge on any atom is 0.216 e. The van der Waals surface area contributed by atoms with Crippen molar-refractivity contribution in [3.05, 3.63) is 35.4 Å². The third-order valence-corrected chi connectivity index (χ3v) is 3.09. The minimum absolute atomic E-state index is 0. The highest BCUT2D eigenvalue weighted by Crippen LogP contribution is 2.11. The van der Waals surface area contributed by atoms with Crippen LogP contribution >= 0.6 is 12.4 Å². The van der Waals surface area contributed by atoms with E-state index in [2.05, 4.69) is 48.0 Å². The molecule has 1 heterocycles. The Kier molecular flexibility index (Phi) is 6.16. The first-order valence-electron chi connectivity index (χ1n) is 6.32. The van der Waals surface area contributed by atoms with Gasteiger partial charge in [0.2, 0.25) is 5.90 Å². The summed E-state index contributed by atoms with van der Waals surface area (Å²) in [6.45, 7) is 9.09. The van der Waals surface area contributed by atoms with Gasteiger partial charge in [-0.1, -0.05) is 26.0 Å². The first kappa shape index (κ1) is 15.0. The molecule has 1 aromatic carbocycles. The summed E-state index contributed by atoms with van der Waals surface area (Å²) in [6.07, 6.45) is 0. The van der Waals surface area contributed by atoms with Gasteiger partial charge in [0, 0.05) is 12.1 Å². The van der Waals surface area contributed by atoms with E-state index in [1.165, 1.54) is 5.56 Å². The Morgan fingerprint density at radius 3 is 2.33 bits per heavy atom. The van der Waals surface area contributed by atoms with Gasteiger partial charge in [-0.25, -0.2) is 4.99 Å². The number of ether oxygens (including phenoxy) is 1. The molecule has 4 heteroatoms. The number of hydrogen-bond donors (Lipinski definition) is 0. The molecule has 1 aliphatic rings. The average molecular weight is 269 g/mol.